The Hall–Kier alpha value is -6.85. The Morgan fingerprint density at radius 1 is 0.380 bits per heavy atom. The average Bonchev–Trinajstić information content (AvgIpc) is 3.75. The summed E-state index contributed by atoms with van der Waals surface area (Å²) in [5.41, 5.74) is 10.0. The van der Waals surface area contributed by atoms with Crippen molar-refractivity contribution in [3.05, 3.63) is 170 Å². The average molecular weight is 641 g/mol. The molecule has 5 heteroatoms. The molecule has 0 aliphatic carbocycles. The van der Waals surface area contributed by atoms with Gasteiger partial charge < -0.3 is 8.98 Å². The van der Waals surface area contributed by atoms with Crippen molar-refractivity contribution in [3.8, 4) is 51.0 Å². The molecule has 0 aliphatic heterocycles. The van der Waals surface area contributed by atoms with E-state index in [2.05, 4.69) is 102 Å². The largest absolute Gasteiger partial charge is 0.454 e. The fourth-order valence-corrected chi connectivity index (χ4v) is 7.10. The molecule has 0 amide bonds. The fourth-order valence-electron chi connectivity index (χ4n) is 7.10. The van der Waals surface area contributed by atoms with Crippen molar-refractivity contribution < 1.29 is 4.42 Å². The fraction of sp³-hybridized carbons (Fsp3) is 0. The Morgan fingerprint density at radius 2 is 0.920 bits per heavy atom. The molecule has 0 saturated heterocycles. The smallest absolute Gasteiger partial charge is 0.164 e. The predicted molar refractivity (Wildman–Crippen MR) is 203 cm³/mol. The van der Waals surface area contributed by atoms with Gasteiger partial charge in [0.05, 0.1) is 11.0 Å². The molecule has 0 atom stereocenters. The Labute approximate surface area is 287 Å². The summed E-state index contributed by atoms with van der Waals surface area (Å²) >= 11 is 0. The molecule has 234 valence electrons. The highest BCUT2D eigenvalue weighted by Gasteiger charge is 2.19. The molecule has 0 aliphatic rings. The van der Waals surface area contributed by atoms with E-state index in [-0.39, 0.29) is 0 Å². The van der Waals surface area contributed by atoms with Crippen LogP contribution in [-0.2, 0) is 0 Å². The molecule has 0 bridgehead atoms. The van der Waals surface area contributed by atoms with E-state index in [4.69, 9.17) is 19.4 Å². The van der Waals surface area contributed by atoms with Crippen molar-refractivity contribution in [2.24, 2.45) is 0 Å². The molecule has 0 radical (unpaired) electrons. The Morgan fingerprint density at radius 3 is 1.66 bits per heavy atom. The second kappa shape index (κ2) is 11.4. The molecule has 0 unspecified atom stereocenters. The standard InChI is InChI=1S/C45H28N4O/c1-3-13-29(14-4-1)43-46-44(30-15-5-2-6-16-30)48-45(47-43)33-19-11-17-31(27-33)32-18-12-20-34(28-32)49-39-23-9-7-21-35(39)37-25-26-38-36-22-8-10-24-40(36)50-42(38)41(37)49/h1-28H. The first-order valence-electron chi connectivity index (χ1n) is 16.7. The van der Waals surface area contributed by atoms with Crippen LogP contribution in [0.5, 0.6) is 0 Å². The summed E-state index contributed by atoms with van der Waals surface area (Å²) in [6.07, 6.45) is 0. The van der Waals surface area contributed by atoms with E-state index in [1.807, 2.05) is 72.8 Å². The van der Waals surface area contributed by atoms with Gasteiger partial charge in [0.15, 0.2) is 23.1 Å². The highest BCUT2D eigenvalue weighted by molar-refractivity contribution is 6.21. The molecule has 0 fully saturated rings. The van der Waals surface area contributed by atoms with Gasteiger partial charge in [0, 0.05) is 43.9 Å². The number of furan rings is 1. The maximum absolute atomic E-state index is 6.58. The third kappa shape index (κ3) is 4.60. The summed E-state index contributed by atoms with van der Waals surface area (Å²) < 4.78 is 8.92. The zero-order valence-corrected chi connectivity index (χ0v) is 26.9. The normalized spacial score (nSPS) is 11.6. The van der Waals surface area contributed by atoms with Gasteiger partial charge in [-0.3, -0.25) is 0 Å². The van der Waals surface area contributed by atoms with E-state index in [0.29, 0.717) is 17.5 Å². The minimum Gasteiger partial charge on any atom is -0.454 e. The van der Waals surface area contributed by atoms with E-state index in [0.717, 1.165) is 71.9 Å². The number of hydrogen-bond acceptors (Lipinski definition) is 4. The molecule has 0 spiro atoms. The van der Waals surface area contributed by atoms with Crippen molar-refractivity contribution in [2.45, 2.75) is 0 Å². The number of para-hydroxylation sites is 2. The van der Waals surface area contributed by atoms with Crippen LogP contribution < -0.4 is 0 Å². The monoisotopic (exact) mass is 640 g/mol. The number of nitrogens with zero attached hydrogens (tertiary/aromatic N) is 4. The number of aromatic nitrogens is 4. The lowest BCUT2D eigenvalue weighted by Gasteiger charge is -2.12. The van der Waals surface area contributed by atoms with Gasteiger partial charge in [-0.1, -0.05) is 133 Å². The van der Waals surface area contributed by atoms with Crippen molar-refractivity contribution in [1.29, 1.82) is 0 Å². The maximum atomic E-state index is 6.58. The second-order valence-corrected chi connectivity index (χ2v) is 12.5. The second-order valence-electron chi connectivity index (χ2n) is 12.5. The summed E-state index contributed by atoms with van der Waals surface area (Å²) in [7, 11) is 0. The van der Waals surface area contributed by atoms with Crippen LogP contribution in [0.1, 0.15) is 0 Å². The lowest BCUT2D eigenvalue weighted by molar-refractivity contribution is 0.671. The van der Waals surface area contributed by atoms with Crippen LogP contribution in [0.4, 0.5) is 0 Å². The van der Waals surface area contributed by atoms with E-state index in [1.165, 1.54) is 5.39 Å². The van der Waals surface area contributed by atoms with Crippen LogP contribution in [0.25, 0.3) is 94.7 Å². The van der Waals surface area contributed by atoms with Crippen LogP contribution in [-0.4, -0.2) is 19.5 Å². The highest BCUT2D eigenvalue weighted by Crippen LogP contribution is 2.40. The van der Waals surface area contributed by atoms with Gasteiger partial charge in [-0.2, -0.15) is 0 Å². The molecular formula is C45H28N4O. The van der Waals surface area contributed by atoms with E-state index < -0.39 is 0 Å². The third-order valence-corrected chi connectivity index (χ3v) is 9.44. The summed E-state index contributed by atoms with van der Waals surface area (Å²) in [6, 6.07) is 58.6. The Kier molecular flexibility index (Phi) is 6.42. The van der Waals surface area contributed by atoms with E-state index in [1.54, 1.807) is 0 Å². The quantitative estimate of drug-likeness (QED) is 0.188. The zero-order chi connectivity index (χ0) is 33.0. The summed E-state index contributed by atoms with van der Waals surface area (Å²) in [4.78, 5) is 14.8. The molecule has 0 N–H and O–H groups in total. The van der Waals surface area contributed by atoms with Gasteiger partial charge in [0.2, 0.25) is 0 Å². The highest BCUT2D eigenvalue weighted by atomic mass is 16.3. The number of hydrogen-bond donors (Lipinski definition) is 0. The molecule has 3 aromatic heterocycles. The van der Waals surface area contributed by atoms with Gasteiger partial charge in [0.25, 0.3) is 0 Å². The van der Waals surface area contributed by atoms with Gasteiger partial charge in [-0.15, -0.1) is 0 Å². The third-order valence-electron chi connectivity index (χ3n) is 9.44. The zero-order valence-electron chi connectivity index (χ0n) is 26.9. The van der Waals surface area contributed by atoms with Crippen LogP contribution in [0, 0.1) is 0 Å². The van der Waals surface area contributed by atoms with Crippen LogP contribution >= 0.6 is 0 Å². The van der Waals surface area contributed by atoms with E-state index in [9.17, 15) is 0 Å². The molecule has 7 aromatic carbocycles. The summed E-state index contributed by atoms with van der Waals surface area (Å²) in [5, 5.41) is 4.59. The molecular weight excluding hydrogens is 613 g/mol. The van der Waals surface area contributed by atoms with Gasteiger partial charge in [0.1, 0.15) is 5.58 Å². The first kappa shape index (κ1) is 28.2. The summed E-state index contributed by atoms with van der Waals surface area (Å²) in [5.74, 6) is 1.92. The van der Waals surface area contributed by atoms with Crippen molar-refractivity contribution >= 4 is 43.7 Å². The summed E-state index contributed by atoms with van der Waals surface area (Å²) in [6.45, 7) is 0. The number of rotatable bonds is 5. The molecule has 10 rings (SSSR count). The van der Waals surface area contributed by atoms with Gasteiger partial charge >= 0.3 is 0 Å². The lowest BCUT2D eigenvalue weighted by atomic mass is 10.0. The minimum absolute atomic E-state index is 0.630. The number of fused-ring (bicyclic) bond motifs is 7. The van der Waals surface area contributed by atoms with Crippen molar-refractivity contribution in [1.82, 2.24) is 19.5 Å². The van der Waals surface area contributed by atoms with Gasteiger partial charge in [-0.05, 0) is 47.5 Å². The molecule has 0 saturated carbocycles. The van der Waals surface area contributed by atoms with Crippen LogP contribution in [0.15, 0.2) is 174 Å². The first-order valence-corrected chi connectivity index (χ1v) is 16.7. The topological polar surface area (TPSA) is 56.7 Å². The molecule has 50 heavy (non-hydrogen) atoms. The van der Waals surface area contributed by atoms with E-state index >= 15 is 0 Å². The molecule has 5 nitrogen and oxygen atoms in total. The first-order chi connectivity index (χ1) is 24.8. The molecule has 10 aromatic rings. The Bertz CT molecular complexity index is 2810. The lowest BCUT2D eigenvalue weighted by Crippen LogP contribution is -2.00. The minimum atomic E-state index is 0.630. The SMILES string of the molecule is c1ccc(-c2nc(-c3ccccc3)nc(-c3cccc(-c4cccc(-n5c6ccccc6c6ccc7c8ccccc8oc7c65)c4)c3)n2)cc1. The maximum Gasteiger partial charge on any atom is 0.164 e. The van der Waals surface area contributed by atoms with Crippen molar-refractivity contribution in [3.63, 3.8) is 0 Å². The predicted octanol–water partition coefficient (Wildman–Crippen LogP) is 11.5. The van der Waals surface area contributed by atoms with Crippen molar-refractivity contribution in [2.75, 3.05) is 0 Å². The van der Waals surface area contributed by atoms with Crippen LogP contribution in [0.2, 0.25) is 0 Å². The van der Waals surface area contributed by atoms with Gasteiger partial charge in [-0.25, -0.2) is 15.0 Å². The van der Waals surface area contributed by atoms with Crippen LogP contribution in [0.3, 0.4) is 0 Å². The number of benzene rings is 7. The molecule has 3 heterocycles. The Balaban J connectivity index is 1.13.